The summed E-state index contributed by atoms with van der Waals surface area (Å²) in [6.07, 6.45) is -4.72. The molecule has 1 aromatic rings. The number of hydrogen-bond acceptors (Lipinski definition) is 3. The molecule has 0 aliphatic carbocycles. The molecule has 1 fully saturated rings. The molecule has 92 valence electrons. The Kier molecular flexibility index (Phi) is 3.19. The SMILES string of the molecule is O=C1CSCN1c1cccc(OC(F)(F)F)c1. The fraction of sp³-hybridized carbons (Fsp3) is 0.300. The van der Waals surface area contributed by atoms with Crippen molar-refractivity contribution in [2.75, 3.05) is 16.5 Å². The van der Waals surface area contributed by atoms with Crippen molar-refractivity contribution >= 4 is 23.4 Å². The summed E-state index contributed by atoms with van der Waals surface area (Å²) in [6.45, 7) is 0. The second-order valence-electron chi connectivity index (χ2n) is 3.34. The number of hydrogen-bond donors (Lipinski definition) is 0. The lowest BCUT2D eigenvalue weighted by atomic mass is 10.3. The van der Waals surface area contributed by atoms with E-state index >= 15 is 0 Å². The molecule has 0 N–H and O–H groups in total. The monoisotopic (exact) mass is 263 g/mol. The van der Waals surface area contributed by atoms with Crippen molar-refractivity contribution in [3.63, 3.8) is 0 Å². The first kappa shape index (κ1) is 12.1. The molecule has 1 aromatic carbocycles. The van der Waals surface area contributed by atoms with Crippen LogP contribution in [0.5, 0.6) is 5.75 Å². The highest BCUT2D eigenvalue weighted by Gasteiger charge is 2.31. The number of thioether (sulfide) groups is 1. The zero-order valence-corrected chi connectivity index (χ0v) is 9.35. The van der Waals surface area contributed by atoms with Crippen LogP contribution in [0.15, 0.2) is 24.3 Å². The molecule has 1 aliphatic rings. The molecule has 1 aliphatic heterocycles. The summed E-state index contributed by atoms with van der Waals surface area (Å²) in [7, 11) is 0. The van der Waals surface area contributed by atoms with Gasteiger partial charge in [0, 0.05) is 11.8 Å². The number of carbonyl (C=O) groups excluding carboxylic acids is 1. The average Bonchev–Trinajstić information content (AvgIpc) is 2.62. The van der Waals surface area contributed by atoms with Crippen LogP contribution in [0.1, 0.15) is 0 Å². The Morgan fingerprint density at radius 1 is 1.35 bits per heavy atom. The molecule has 1 saturated heterocycles. The van der Waals surface area contributed by atoms with E-state index < -0.39 is 6.36 Å². The number of ether oxygens (including phenoxy) is 1. The molecule has 0 saturated carbocycles. The Morgan fingerprint density at radius 3 is 2.71 bits per heavy atom. The standard InChI is InChI=1S/C10H8F3NO2S/c11-10(12,13)16-8-3-1-2-7(4-8)14-6-17-5-9(14)15/h1-4H,5-6H2. The van der Waals surface area contributed by atoms with Crippen molar-refractivity contribution in [3.8, 4) is 5.75 Å². The van der Waals surface area contributed by atoms with Gasteiger partial charge < -0.3 is 9.64 Å². The van der Waals surface area contributed by atoms with Gasteiger partial charge >= 0.3 is 6.36 Å². The van der Waals surface area contributed by atoms with E-state index in [0.29, 0.717) is 17.3 Å². The fourth-order valence-electron chi connectivity index (χ4n) is 1.44. The minimum absolute atomic E-state index is 0.112. The lowest BCUT2D eigenvalue weighted by Gasteiger charge is -2.16. The third kappa shape index (κ3) is 3.06. The van der Waals surface area contributed by atoms with E-state index in [1.54, 1.807) is 6.07 Å². The molecule has 0 radical (unpaired) electrons. The number of anilines is 1. The first-order chi connectivity index (χ1) is 7.96. The van der Waals surface area contributed by atoms with Crippen LogP contribution in [0.4, 0.5) is 18.9 Å². The molecule has 1 amide bonds. The number of carbonyl (C=O) groups is 1. The number of alkyl halides is 3. The second kappa shape index (κ2) is 4.48. The van der Waals surface area contributed by atoms with E-state index in [0.717, 1.165) is 0 Å². The molecule has 0 aromatic heterocycles. The quantitative estimate of drug-likeness (QED) is 0.821. The minimum atomic E-state index is -4.72. The van der Waals surface area contributed by atoms with Crippen LogP contribution < -0.4 is 9.64 Å². The van der Waals surface area contributed by atoms with E-state index in [1.165, 1.54) is 34.9 Å². The Balaban J connectivity index is 2.19. The molecule has 7 heteroatoms. The summed E-state index contributed by atoms with van der Waals surface area (Å²) < 4.78 is 39.9. The molecular weight excluding hydrogens is 255 g/mol. The van der Waals surface area contributed by atoms with Crippen LogP contribution in [-0.4, -0.2) is 23.9 Å². The van der Waals surface area contributed by atoms with Crippen molar-refractivity contribution in [2.24, 2.45) is 0 Å². The highest BCUT2D eigenvalue weighted by atomic mass is 32.2. The highest BCUT2D eigenvalue weighted by molar-refractivity contribution is 8.00. The van der Waals surface area contributed by atoms with E-state index in [4.69, 9.17) is 0 Å². The molecule has 3 nitrogen and oxygen atoms in total. The van der Waals surface area contributed by atoms with Crippen molar-refractivity contribution in [1.29, 1.82) is 0 Å². The van der Waals surface area contributed by atoms with Crippen molar-refractivity contribution in [2.45, 2.75) is 6.36 Å². The predicted octanol–water partition coefficient (Wildman–Crippen LogP) is 2.62. The molecular formula is C10H8F3NO2S. The molecule has 0 atom stereocenters. The Hall–Kier alpha value is -1.37. The summed E-state index contributed by atoms with van der Waals surface area (Å²) in [5.41, 5.74) is 0.418. The molecule has 0 unspecified atom stereocenters. The number of nitrogens with zero attached hydrogens (tertiary/aromatic N) is 1. The lowest BCUT2D eigenvalue weighted by molar-refractivity contribution is -0.274. The van der Waals surface area contributed by atoms with E-state index in [2.05, 4.69) is 4.74 Å². The van der Waals surface area contributed by atoms with Crippen LogP contribution >= 0.6 is 11.8 Å². The maximum Gasteiger partial charge on any atom is 0.573 e. The fourth-order valence-corrected chi connectivity index (χ4v) is 2.34. The van der Waals surface area contributed by atoms with Gasteiger partial charge in [-0.2, -0.15) is 0 Å². The van der Waals surface area contributed by atoms with Crippen molar-refractivity contribution < 1.29 is 22.7 Å². The molecule has 1 heterocycles. The molecule has 2 rings (SSSR count). The van der Waals surface area contributed by atoms with E-state index in [9.17, 15) is 18.0 Å². The van der Waals surface area contributed by atoms with E-state index in [-0.39, 0.29) is 11.7 Å². The zero-order chi connectivity index (χ0) is 12.5. The zero-order valence-electron chi connectivity index (χ0n) is 8.53. The maximum atomic E-state index is 12.0. The topological polar surface area (TPSA) is 29.5 Å². The number of benzene rings is 1. The summed E-state index contributed by atoms with van der Waals surface area (Å²) in [5, 5.41) is 0. The van der Waals surface area contributed by atoms with Gasteiger partial charge in [0.15, 0.2) is 0 Å². The molecule has 17 heavy (non-hydrogen) atoms. The number of halogens is 3. The minimum Gasteiger partial charge on any atom is -0.406 e. The lowest BCUT2D eigenvalue weighted by Crippen LogP contribution is -2.25. The van der Waals surface area contributed by atoms with Crippen LogP contribution in [0.3, 0.4) is 0 Å². The summed E-state index contributed by atoms with van der Waals surface area (Å²) in [5.74, 6) is 0.373. The first-order valence-electron chi connectivity index (χ1n) is 4.70. The van der Waals surface area contributed by atoms with Crippen LogP contribution in [-0.2, 0) is 4.79 Å². The van der Waals surface area contributed by atoms with Crippen LogP contribution in [0.2, 0.25) is 0 Å². The van der Waals surface area contributed by atoms with Gasteiger partial charge in [0.25, 0.3) is 0 Å². The summed E-state index contributed by atoms with van der Waals surface area (Å²) in [6, 6.07) is 5.40. The normalized spacial score (nSPS) is 16.4. The smallest absolute Gasteiger partial charge is 0.406 e. The predicted molar refractivity (Wildman–Crippen MR) is 57.9 cm³/mol. The Morgan fingerprint density at radius 2 is 2.12 bits per heavy atom. The second-order valence-corrected chi connectivity index (χ2v) is 4.30. The third-order valence-electron chi connectivity index (χ3n) is 2.11. The third-order valence-corrected chi connectivity index (χ3v) is 3.00. The van der Waals surface area contributed by atoms with Gasteiger partial charge in [0.1, 0.15) is 5.75 Å². The van der Waals surface area contributed by atoms with Gasteiger partial charge in [-0.25, -0.2) is 0 Å². The first-order valence-corrected chi connectivity index (χ1v) is 5.85. The van der Waals surface area contributed by atoms with Crippen LogP contribution in [0.25, 0.3) is 0 Å². The molecule has 0 bridgehead atoms. The Bertz CT molecular complexity index is 436. The van der Waals surface area contributed by atoms with Crippen molar-refractivity contribution in [3.05, 3.63) is 24.3 Å². The highest BCUT2D eigenvalue weighted by Crippen LogP contribution is 2.29. The largest absolute Gasteiger partial charge is 0.573 e. The van der Waals surface area contributed by atoms with E-state index in [1.807, 2.05) is 0 Å². The van der Waals surface area contributed by atoms with Gasteiger partial charge in [-0.1, -0.05) is 6.07 Å². The average molecular weight is 263 g/mol. The number of rotatable bonds is 2. The summed E-state index contributed by atoms with van der Waals surface area (Å²) in [4.78, 5) is 12.8. The van der Waals surface area contributed by atoms with Gasteiger partial charge in [0.05, 0.1) is 11.6 Å². The Labute approximate surface area is 99.5 Å². The summed E-state index contributed by atoms with van der Waals surface area (Å²) >= 11 is 1.42. The maximum absolute atomic E-state index is 12.0. The van der Waals surface area contributed by atoms with Gasteiger partial charge in [-0.05, 0) is 12.1 Å². The van der Waals surface area contributed by atoms with Gasteiger partial charge in [-0.3, -0.25) is 4.79 Å². The van der Waals surface area contributed by atoms with Crippen LogP contribution in [0, 0.1) is 0 Å². The molecule has 0 spiro atoms. The van der Waals surface area contributed by atoms with Gasteiger partial charge in [-0.15, -0.1) is 24.9 Å². The van der Waals surface area contributed by atoms with Crippen molar-refractivity contribution in [1.82, 2.24) is 0 Å². The number of amides is 1. The van der Waals surface area contributed by atoms with Gasteiger partial charge in [0.2, 0.25) is 5.91 Å².